The summed E-state index contributed by atoms with van der Waals surface area (Å²) in [4.78, 5) is 12.2. The molecule has 0 saturated heterocycles. The molecule has 10 atom stereocenters. The minimum Gasteiger partial charge on any atom is -0.469 e. The fourth-order valence-corrected chi connectivity index (χ4v) is 8.40. The first kappa shape index (κ1) is 19.7. The second-order valence-electron chi connectivity index (χ2n) is 10.7. The van der Waals surface area contributed by atoms with Crippen LogP contribution in [0.1, 0.15) is 72.1 Å². The van der Waals surface area contributed by atoms with Crippen LogP contribution in [0.3, 0.4) is 0 Å². The van der Waals surface area contributed by atoms with E-state index in [0.717, 1.165) is 38.5 Å². The third kappa shape index (κ3) is 2.73. The first-order chi connectivity index (χ1) is 12.7. The smallest absolute Gasteiger partial charge is 0.308 e. The molecule has 2 N–H and O–H groups in total. The van der Waals surface area contributed by atoms with Gasteiger partial charge in [-0.1, -0.05) is 20.8 Å². The van der Waals surface area contributed by atoms with Crippen molar-refractivity contribution < 1.29 is 19.7 Å². The van der Waals surface area contributed by atoms with Crippen molar-refractivity contribution in [1.82, 2.24) is 0 Å². The third-order valence-corrected chi connectivity index (χ3v) is 9.99. The van der Waals surface area contributed by atoms with Crippen LogP contribution in [-0.4, -0.2) is 35.5 Å². The molecule has 27 heavy (non-hydrogen) atoms. The van der Waals surface area contributed by atoms with E-state index in [-0.39, 0.29) is 40.8 Å². The second-order valence-corrected chi connectivity index (χ2v) is 10.7. The average Bonchev–Trinajstić information content (AvgIpc) is 3.01. The first-order valence-electron chi connectivity index (χ1n) is 11.2. The van der Waals surface area contributed by atoms with Crippen LogP contribution in [0.4, 0.5) is 0 Å². The number of rotatable bonds is 2. The average molecular weight is 379 g/mol. The van der Waals surface area contributed by atoms with Gasteiger partial charge in [0.25, 0.3) is 0 Å². The number of hydrogen-bond acceptors (Lipinski definition) is 4. The van der Waals surface area contributed by atoms with Crippen LogP contribution in [0.25, 0.3) is 0 Å². The molecule has 0 aliphatic heterocycles. The van der Waals surface area contributed by atoms with E-state index in [9.17, 15) is 15.0 Å². The second kappa shape index (κ2) is 6.73. The molecular weight excluding hydrogens is 340 g/mol. The molecule has 0 amide bonds. The minimum atomic E-state index is -0.342. The summed E-state index contributed by atoms with van der Waals surface area (Å²) in [5, 5.41) is 21.6. The van der Waals surface area contributed by atoms with Crippen molar-refractivity contribution in [2.45, 2.75) is 84.3 Å². The van der Waals surface area contributed by atoms with E-state index < -0.39 is 0 Å². The summed E-state index contributed by atoms with van der Waals surface area (Å²) in [6.45, 7) is 6.69. The Morgan fingerprint density at radius 2 is 1.78 bits per heavy atom. The Bertz CT molecular complexity index is 591. The first-order valence-corrected chi connectivity index (χ1v) is 11.2. The number of hydrogen-bond donors (Lipinski definition) is 2. The molecule has 0 bridgehead atoms. The highest BCUT2D eigenvalue weighted by Crippen LogP contribution is 2.68. The summed E-state index contributed by atoms with van der Waals surface area (Å²) >= 11 is 0. The Hall–Kier alpha value is -0.610. The van der Waals surface area contributed by atoms with Crippen LogP contribution in [0, 0.1) is 46.3 Å². The lowest BCUT2D eigenvalue weighted by molar-refractivity contribution is -0.179. The van der Waals surface area contributed by atoms with Gasteiger partial charge in [-0.15, -0.1) is 0 Å². The summed E-state index contributed by atoms with van der Waals surface area (Å²) in [7, 11) is 1.47. The predicted molar refractivity (Wildman–Crippen MR) is 104 cm³/mol. The Kier molecular flexibility index (Phi) is 4.91. The van der Waals surface area contributed by atoms with Crippen molar-refractivity contribution in [2.75, 3.05) is 7.11 Å². The number of esters is 1. The van der Waals surface area contributed by atoms with Crippen LogP contribution in [0.15, 0.2) is 0 Å². The zero-order valence-electron chi connectivity index (χ0n) is 17.5. The van der Waals surface area contributed by atoms with E-state index in [1.807, 2.05) is 6.92 Å². The van der Waals surface area contributed by atoms with E-state index in [1.165, 1.54) is 20.0 Å². The van der Waals surface area contributed by atoms with Crippen LogP contribution < -0.4 is 0 Å². The fraction of sp³-hybridized carbons (Fsp3) is 0.957. The molecule has 0 spiro atoms. The van der Waals surface area contributed by atoms with Gasteiger partial charge in [0.05, 0.1) is 25.2 Å². The third-order valence-electron chi connectivity index (χ3n) is 9.99. The summed E-state index contributed by atoms with van der Waals surface area (Å²) in [5.41, 5.74) is 0.0860. The van der Waals surface area contributed by atoms with Gasteiger partial charge in [-0.3, -0.25) is 4.79 Å². The Morgan fingerprint density at radius 3 is 2.48 bits per heavy atom. The molecule has 4 nitrogen and oxygen atoms in total. The van der Waals surface area contributed by atoms with Crippen molar-refractivity contribution in [3.05, 3.63) is 0 Å². The molecule has 4 heteroatoms. The summed E-state index contributed by atoms with van der Waals surface area (Å²) in [5.74, 6) is 2.26. The van der Waals surface area contributed by atoms with Crippen molar-refractivity contribution in [3.63, 3.8) is 0 Å². The highest BCUT2D eigenvalue weighted by molar-refractivity contribution is 5.72. The number of ether oxygens (including phenoxy) is 1. The molecule has 4 aliphatic rings. The van der Waals surface area contributed by atoms with Crippen LogP contribution in [0.5, 0.6) is 0 Å². The van der Waals surface area contributed by atoms with Crippen LogP contribution in [0.2, 0.25) is 0 Å². The lowest BCUT2D eigenvalue weighted by Gasteiger charge is -2.62. The number of methoxy groups -OCH3 is 1. The van der Waals surface area contributed by atoms with Crippen molar-refractivity contribution in [1.29, 1.82) is 0 Å². The van der Waals surface area contributed by atoms with E-state index in [2.05, 4.69) is 13.8 Å². The quantitative estimate of drug-likeness (QED) is 0.718. The Morgan fingerprint density at radius 1 is 1.04 bits per heavy atom. The van der Waals surface area contributed by atoms with Gasteiger partial charge in [0.1, 0.15) is 0 Å². The largest absolute Gasteiger partial charge is 0.469 e. The molecule has 4 aliphatic carbocycles. The molecule has 0 unspecified atom stereocenters. The summed E-state index contributed by atoms with van der Waals surface area (Å²) in [6.07, 6.45) is 7.94. The van der Waals surface area contributed by atoms with Crippen LogP contribution in [-0.2, 0) is 9.53 Å². The van der Waals surface area contributed by atoms with E-state index in [0.29, 0.717) is 23.7 Å². The van der Waals surface area contributed by atoms with Crippen molar-refractivity contribution in [2.24, 2.45) is 46.3 Å². The number of fused-ring (bicyclic) bond motifs is 5. The van der Waals surface area contributed by atoms with E-state index in [4.69, 9.17) is 4.74 Å². The van der Waals surface area contributed by atoms with Gasteiger partial charge in [-0.2, -0.15) is 0 Å². The standard InChI is InChI=1S/C23H38O4/c1-13(21(26)27-4)17-7-8-18-16-6-5-14-11-15(24)9-10-22(14,2)19(16)12-20(25)23(17,18)3/h13-20,24-25H,5-12H2,1-4H3/t13-,14+,15+,16+,17-,18+,19+,20-,22+,23-/m1/s1. The normalized spacial score (nSPS) is 53.0. The maximum absolute atomic E-state index is 12.2. The fourth-order valence-electron chi connectivity index (χ4n) is 8.40. The van der Waals surface area contributed by atoms with E-state index in [1.54, 1.807) is 0 Å². The monoisotopic (exact) mass is 378 g/mol. The van der Waals surface area contributed by atoms with Gasteiger partial charge in [0.2, 0.25) is 0 Å². The van der Waals surface area contributed by atoms with Crippen molar-refractivity contribution >= 4 is 5.97 Å². The number of carbonyl (C=O) groups is 1. The van der Waals surface area contributed by atoms with Gasteiger partial charge < -0.3 is 14.9 Å². The number of carbonyl (C=O) groups excluding carboxylic acids is 1. The molecule has 4 saturated carbocycles. The predicted octanol–water partition coefficient (Wildman–Crippen LogP) is 3.79. The van der Waals surface area contributed by atoms with Gasteiger partial charge in [-0.05, 0) is 86.4 Å². The van der Waals surface area contributed by atoms with Gasteiger partial charge >= 0.3 is 5.97 Å². The van der Waals surface area contributed by atoms with E-state index >= 15 is 0 Å². The number of aliphatic hydroxyl groups excluding tert-OH is 2. The highest BCUT2D eigenvalue weighted by atomic mass is 16.5. The SMILES string of the molecule is COC(=O)[C@H](C)[C@H]1CC[C@H]2[C@@H]3CC[C@H]4C[C@@H](O)CC[C@]4(C)[C@H]3C[C@@H](O)[C@]12C. The molecule has 154 valence electrons. The Labute approximate surface area is 164 Å². The Balaban J connectivity index is 1.62. The number of aliphatic hydroxyl groups is 2. The van der Waals surface area contributed by atoms with Crippen molar-refractivity contribution in [3.8, 4) is 0 Å². The minimum absolute atomic E-state index is 0.129. The maximum Gasteiger partial charge on any atom is 0.308 e. The highest BCUT2D eigenvalue weighted by Gasteiger charge is 2.64. The lowest BCUT2D eigenvalue weighted by Crippen LogP contribution is -2.59. The maximum atomic E-state index is 12.2. The zero-order chi connectivity index (χ0) is 19.6. The molecule has 0 aromatic rings. The van der Waals surface area contributed by atoms with Gasteiger partial charge in [0, 0.05) is 5.41 Å². The molecule has 0 aromatic carbocycles. The van der Waals surface area contributed by atoms with Gasteiger partial charge in [-0.25, -0.2) is 0 Å². The molecule has 0 aromatic heterocycles. The molecular formula is C23H38O4. The lowest BCUT2D eigenvalue weighted by atomic mass is 9.43. The summed E-state index contributed by atoms with van der Waals surface area (Å²) < 4.78 is 5.04. The van der Waals surface area contributed by atoms with Crippen LogP contribution >= 0.6 is 0 Å². The molecule has 0 heterocycles. The van der Waals surface area contributed by atoms with Gasteiger partial charge in [0.15, 0.2) is 0 Å². The zero-order valence-corrected chi connectivity index (χ0v) is 17.5. The molecule has 4 rings (SSSR count). The molecule has 4 fully saturated rings. The molecule has 0 radical (unpaired) electrons. The summed E-state index contributed by atoms with van der Waals surface area (Å²) in [6, 6.07) is 0. The topological polar surface area (TPSA) is 66.8 Å².